The number of thiol groups is 1. The van der Waals surface area contributed by atoms with Crippen molar-refractivity contribution in [3.05, 3.63) is 54.5 Å². The number of carboxylic acids is 1. The van der Waals surface area contributed by atoms with Gasteiger partial charge in [-0.25, -0.2) is 0 Å². The molecule has 0 fully saturated rings. The molecule has 126 valence electrons. The molecular weight excluding hydrogens is 343 g/mol. The zero-order valence-electron chi connectivity index (χ0n) is 12.1. The van der Waals surface area contributed by atoms with E-state index in [4.69, 9.17) is 5.11 Å². The van der Waals surface area contributed by atoms with Crippen molar-refractivity contribution in [3.63, 3.8) is 0 Å². The molecule has 2 aromatic heterocycles. The zero-order chi connectivity index (χ0) is 17.7. The molecule has 2 heterocycles. The number of alkyl halides is 3. The van der Waals surface area contributed by atoms with Crippen molar-refractivity contribution in [2.75, 3.05) is 5.75 Å². The van der Waals surface area contributed by atoms with E-state index < -0.39 is 17.7 Å². The summed E-state index contributed by atoms with van der Waals surface area (Å²) in [4.78, 5) is 9.29. The van der Waals surface area contributed by atoms with Gasteiger partial charge in [0.2, 0.25) is 0 Å². The molecule has 0 unspecified atom stereocenters. The van der Waals surface area contributed by atoms with Gasteiger partial charge in [-0.3, -0.25) is 4.79 Å². The predicted molar refractivity (Wildman–Crippen MR) is 85.4 cm³/mol. The highest BCUT2D eigenvalue weighted by molar-refractivity contribution is 7.81. The summed E-state index contributed by atoms with van der Waals surface area (Å²) >= 11 is 3.42. The summed E-state index contributed by atoms with van der Waals surface area (Å²) in [5.41, 5.74) is 0.495. The molecule has 3 aromatic rings. The summed E-state index contributed by atoms with van der Waals surface area (Å²) in [5, 5.41) is 15.8. The Hall–Kier alpha value is -2.55. The minimum atomic E-state index is -4.35. The Balaban J connectivity index is 0.000000368. The highest BCUT2D eigenvalue weighted by Gasteiger charge is 2.30. The third kappa shape index (κ3) is 4.25. The van der Waals surface area contributed by atoms with Gasteiger partial charge in [0.1, 0.15) is 0 Å². The lowest BCUT2D eigenvalue weighted by atomic mass is 10.1. The van der Waals surface area contributed by atoms with Gasteiger partial charge < -0.3 is 9.67 Å². The van der Waals surface area contributed by atoms with Crippen molar-refractivity contribution in [3.8, 4) is 5.69 Å². The van der Waals surface area contributed by atoms with Gasteiger partial charge in [0.15, 0.2) is 0 Å². The van der Waals surface area contributed by atoms with Gasteiger partial charge in [0.25, 0.3) is 0 Å². The number of fused-ring (bicyclic) bond motifs is 1. The molecule has 1 aromatic carbocycles. The van der Waals surface area contributed by atoms with Crippen LogP contribution in [-0.4, -0.2) is 31.6 Å². The molecule has 5 nitrogen and oxygen atoms in total. The summed E-state index contributed by atoms with van der Waals surface area (Å²) in [6.07, 6.45) is 0.357. The van der Waals surface area contributed by atoms with Crippen LogP contribution in [0.5, 0.6) is 0 Å². The summed E-state index contributed by atoms with van der Waals surface area (Å²) in [7, 11) is 0. The van der Waals surface area contributed by atoms with Gasteiger partial charge in [-0.2, -0.15) is 36.0 Å². The molecule has 0 amide bonds. The fourth-order valence-corrected chi connectivity index (χ4v) is 1.96. The van der Waals surface area contributed by atoms with Gasteiger partial charge >= 0.3 is 12.1 Å². The number of hydrogen-bond donors (Lipinski definition) is 2. The summed E-state index contributed by atoms with van der Waals surface area (Å²) in [5.74, 6) is -0.965. The predicted octanol–water partition coefficient (Wildman–Crippen LogP) is 3.44. The smallest absolute Gasteiger partial charge is 0.416 e. The molecule has 0 aliphatic heterocycles. The zero-order valence-corrected chi connectivity index (χ0v) is 13.0. The maximum atomic E-state index is 12.7. The van der Waals surface area contributed by atoms with Gasteiger partial charge in [-0.1, -0.05) is 6.07 Å². The van der Waals surface area contributed by atoms with Crippen LogP contribution in [0.4, 0.5) is 13.2 Å². The fraction of sp³-hybridized carbons (Fsp3) is 0.133. The number of hydrogen-bond acceptors (Lipinski definition) is 4. The Morgan fingerprint density at radius 3 is 2.46 bits per heavy atom. The maximum Gasteiger partial charge on any atom is 0.416 e. The molecule has 0 saturated heterocycles. The van der Waals surface area contributed by atoms with E-state index in [9.17, 15) is 18.0 Å². The van der Waals surface area contributed by atoms with Crippen molar-refractivity contribution in [1.82, 2.24) is 14.8 Å². The normalized spacial score (nSPS) is 11.0. The lowest BCUT2D eigenvalue weighted by Crippen LogP contribution is -2.04. The molecule has 0 radical (unpaired) electrons. The van der Waals surface area contributed by atoms with Crippen LogP contribution in [0.15, 0.2) is 48.9 Å². The van der Waals surface area contributed by atoms with Gasteiger partial charge in [-0.05, 0) is 29.7 Å². The highest BCUT2D eigenvalue weighted by Crippen LogP contribution is 2.32. The molecule has 3 rings (SSSR count). The second-order valence-corrected chi connectivity index (χ2v) is 4.93. The summed E-state index contributed by atoms with van der Waals surface area (Å²) in [6.45, 7) is 0. The topological polar surface area (TPSA) is 68.0 Å². The Bertz CT molecular complexity index is 835. The molecular formula is C15H12F3N3O2S. The number of halogens is 3. The third-order valence-corrected chi connectivity index (χ3v) is 3.27. The number of aromatic nitrogens is 3. The molecule has 0 spiro atoms. The van der Waals surface area contributed by atoms with Crippen LogP contribution in [-0.2, 0) is 11.0 Å². The van der Waals surface area contributed by atoms with Crippen molar-refractivity contribution in [2.24, 2.45) is 0 Å². The van der Waals surface area contributed by atoms with Crippen molar-refractivity contribution >= 4 is 29.5 Å². The fourth-order valence-electron chi connectivity index (χ4n) is 1.96. The first-order chi connectivity index (χ1) is 11.3. The van der Waals surface area contributed by atoms with E-state index in [1.807, 2.05) is 0 Å². The van der Waals surface area contributed by atoms with E-state index in [1.54, 1.807) is 22.9 Å². The molecule has 0 atom stereocenters. The van der Waals surface area contributed by atoms with Crippen LogP contribution in [0.3, 0.4) is 0 Å². The monoisotopic (exact) mass is 355 g/mol. The Kier molecular flexibility index (Phi) is 5.45. The first-order valence-electron chi connectivity index (χ1n) is 6.61. The molecule has 0 saturated carbocycles. The minimum absolute atomic E-state index is 0.0833. The lowest BCUT2D eigenvalue weighted by Gasteiger charge is -2.08. The molecule has 0 aliphatic carbocycles. The molecule has 24 heavy (non-hydrogen) atoms. The van der Waals surface area contributed by atoms with Crippen LogP contribution in [0, 0.1) is 0 Å². The number of carbonyl (C=O) groups is 1. The first-order valence-corrected chi connectivity index (χ1v) is 7.24. The average molecular weight is 355 g/mol. The third-order valence-electron chi connectivity index (χ3n) is 3.00. The Morgan fingerprint density at radius 2 is 1.92 bits per heavy atom. The average Bonchev–Trinajstić information content (AvgIpc) is 2.98. The molecule has 9 heteroatoms. The SMILES string of the molecule is FC(F)(F)c1ccc2ccn(-c3ccnnc3)c2c1.O=C(O)CS. The van der Waals surface area contributed by atoms with Gasteiger partial charge in [-0.15, -0.1) is 0 Å². The summed E-state index contributed by atoms with van der Waals surface area (Å²) < 4.78 is 39.8. The van der Waals surface area contributed by atoms with E-state index in [0.29, 0.717) is 11.2 Å². The van der Waals surface area contributed by atoms with Gasteiger partial charge in [0.05, 0.1) is 34.9 Å². The Morgan fingerprint density at radius 1 is 1.21 bits per heavy atom. The second-order valence-electron chi connectivity index (χ2n) is 4.61. The summed E-state index contributed by atoms with van der Waals surface area (Å²) in [6, 6.07) is 7.12. The number of benzene rings is 1. The first kappa shape index (κ1) is 17.8. The van der Waals surface area contributed by atoms with Crippen molar-refractivity contribution in [2.45, 2.75) is 6.18 Å². The maximum absolute atomic E-state index is 12.7. The van der Waals surface area contributed by atoms with E-state index in [2.05, 4.69) is 22.8 Å². The number of nitrogens with zero attached hydrogens (tertiary/aromatic N) is 3. The van der Waals surface area contributed by atoms with Crippen molar-refractivity contribution in [1.29, 1.82) is 0 Å². The van der Waals surface area contributed by atoms with Crippen LogP contribution < -0.4 is 0 Å². The number of carboxylic acid groups (broad SMARTS) is 1. The van der Waals surface area contributed by atoms with Crippen LogP contribution >= 0.6 is 12.6 Å². The van der Waals surface area contributed by atoms with E-state index in [-0.39, 0.29) is 5.75 Å². The van der Waals surface area contributed by atoms with Crippen LogP contribution in [0.2, 0.25) is 0 Å². The quantitative estimate of drug-likeness (QED) is 0.691. The number of aliphatic carboxylic acids is 1. The van der Waals surface area contributed by atoms with Gasteiger partial charge in [0, 0.05) is 6.20 Å². The van der Waals surface area contributed by atoms with Crippen LogP contribution in [0.1, 0.15) is 5.56 Å². The highest BCUT2D eigenvalue weighted by atomic mass is 32.1. The lowest BCUT2D eigenvalue weighted by molar-refractivity contribution is -0.137. The second kappa shape index (κ2) is 7.35. The van der Waals surface area contributed by atoms with E-state index in [1.165, 1.54) is 18.5 Å². The largest absolute Gasteiger partial charge is 0.481 e. The van der Waals surface area contributed by atoms with E-state index >= 15 is 0 Å². The van der Waals surface area contributed by atoms with Crippen molar-refractivity contribution < 1.29 is 23.1 Å². The van der Waals surface area contributed by atoms with E-state index in [0.717, 1.165) is 17.5 Å². The number of rotatable bonds is 2. The van der Waals surface area contributed by atoms with Crippen LogP contribution in [0.25, 0.3) is 16.6 Å². The molecule has 0 bridgehead atoms. The Labute approximate surface area is 140 Å². The molecule has 0 aliphatic rings. The molecule has 1 N–H and O–H groups in total. The minimum Gasteiger partial charge on any atom is -0.481 e. The standard InChI is InChI=1S/C13H8F3N3.C2H4O2S/c14-13(15,16)10-2-1-9-4-6-19(12(9)7-10)11-3-5-17-18-8-11;3-2(4)1-5/h1-8H;5H,1H2,(H,3,4).